The zero-order valence-corrected chi connectivity index (χ0v) is 33.9. The predicted molar refractivity (Wildman–Crippen MR) is 199 cm³/mol. The molecule has 0 aliphatic heterocycles. The van der Waals surface area contributed by atoms with Crippen molar-refractivity contribution < 1.29 is 72.4 Å². The third-order valence-corrected chi connectivity index (χ3v) is 6.34. The van der Waals surface area contributed by atoms with E-state index in [2.05, 4.69) is 56.7 Å². The first-order valence-electron chi connectivity index (χ1n) is 14.2. The van der Waals surface area contributed by atoms with Crippen LogP contribution in [0.1, 0.15) is 59.0 Å². The molecule has 0 saturated carbocycles. The van der Waals surface area contributed by atoms with Crippen LogP contribution in [-0.2, 0) is 49.6 Å². The third-order valence-electron chi connectivity index (χ3n) is 5.10. The number of nitrogens with zero attached hydrogens (tertiary/aromatic N) is 2. The highest BCUT2D eigenvalue weighted by Gasteiger charge is 2.10. The average Bonchev–Trinajstić information content (AvgIpc) is 3.14. The molecule has 4 heterocycles. The summed E-state index contributed by atoms with van der Waals surface area (Å²) in [5.41, 5.74) is 2.09. The normalized spacial score (nSPS) is 8.43. The minimum atomic E-state index is -1.13. The Balaban J connectivity index is -0.000000625. The van der Waals surface area contributed by atoms with E-state index in [4.69, 9.17) is 39.0 Å². The number of carbonyl (C=O) groups excluding carboxylic acids is 9. The number of H-pyrrole nitrogens is 2. The van der Waals surface area contributed by atoms with Gasteiger partial charge >= 0.3 is 42.3 Å². The van der Waals surface area contributed by atoms with Gasteiger partial charge < -0.3 is 34.4 Å². The number of aryl methyl sites for hydroxylation is 2. The first-order chi connectivity index (χ1) is 26.4. The van der Waals surface area contributed by atoms with Crippen LogP contribution in [0.4, 0.5) is 0 Å². The number of pyridine rings is 4. The number of nitrogens with one attached hydrogen (secondary N) is 2. The Hall–Kier alpha value is -6.36. The largest absolute Gasteiger partial charge is 0.477 e. The highest BCUT2D eigenvalue weighted by molar-refractivity contribution is 14.1. The molecule has 0 aliphatic rings. The van der Waals surface area contributed by atoms with Crippen LogP contribution in [-0.4, -0.2) is 93.8 Å². The first kappa shape index (κ1) is 54.0. The highest BCUT2D eigenvalue weighted by Crippen LogP contribution is 2.10. The molecule has 0 radical (unpaired) electrons. The molecule has 23 heteroatoms. The molecule has 4 aromatic heterocycles. The summed E-state index contributed by atoms with van der Waals surface area (Å²) < 4.78 is 15.3. The maximum Gasteiger partial charge on any atom is 0.373 e. The van der Waals surface area contributed by atoms with Gasteiger partial charge in [-0.2, -0.15) is 28.8 Å². The van der Waals surface area contributed by atoms with Crippen molar-refractivity contribution in [2.75, 3.05) is 21.3 Å². The lowest BCUT2D eigenvalue weighted by atomic mass is 10.3. The number of aromatic carboxylic acids is 1. The van der Waals surface area contributed by atoms with Crippen LogP contribution in [0.5, 0.6) is 0 Å². The van der Waals surface area contributed by atoms with Gasteiger partial charge in [0.05, 0.1) is 33.6 Å². The number of halogens is 2. The van der Waals surface area contributed by atoms with Gasteiger partial charge in [0, 0.05) is 49.0 Å². The number of aromatic nitrogens is 4. The Bertz CT molecular complexity index is 2070. The molecule has 0 fully saturated rings. The van der Waals surface area contributed by atoms with Crippen molar-refractivity contribution in [3.05, 3.63) is 122 Å². The molecule has 0 unspecified atom stereocenters. The second-order valence-corrected chi connectivity index (χ2v) is 11.5. The Morgan fingerprint density at radius 1 is 0.679 bits per heavy atom. The summed E-state index contributed by atoms with van der Waals surface area (Å²) in [6.45, 7) is 3.36. The molecule has 298 valence electrons. The number of esters is 3. The van der Waals surface area contributed by atoms with Crippen molar-refractivity contribution in [2.45, 2.75) is 20.5 Å². The number of hydrogen-bond donors (Lipinski definition) is 4. The van der Waals surface area contributed by atoms with Crippen LogP contribution in [0.15, 0.2) is 64.3 Å². The molecule has 0 spiro atoms. The number of carboxylic acid groups (broad SMARTS) is 1. The number of aliphatic hydroxyl groups excluding tert-OH is 1. The number of methoxy groups -OCH3 is 3. The van der Waals surface area contributed by atoms with Crippen LogP contribution in [0, 0.1) is 21.0 Å². The van der Waals surface area contributed by atoms with E-state index in [0.29, 0.717) is 17.1 Å². The van der Waals surface area contributed by atoms with Crippen LogP contribution < -0.4 is 10.9 Å². The minimum absolute atomic E-state index is 0.0903. The van der Waals surface area contributed by atoms with Gasteiger partial charge in [0.2, 0.25) is 0 Å². The summed E-state index contributed by atoms with van der Waals surface area (Å²) in [4.78, 5) is 126. The van der Waals surface area contributed by atoms with E-state index in [-0.39, 0.29) is 53.0 Å². The zero-order valence-electron chi connectivity index (χ0n) is 29.6. The van der Waals surface area contributed by atoms with Gasteiger partial charge in [0.25, 0.3) is 0 Å². The smallest absolute Gasteiger partial charge is 0.373 e. The standard InChI is InChI=1S/C8H8INO3.C8H8INO2.C8H9NO3.C6H5NO3.3CO2/c1-13-8(12)7-3-5(9)2-6(4-11)10-7;1-5-3-6(9)4-7(10-5)8(11)12-2;1-5-3-6(10)4-7(9-5)8(11)12-2;8-4-1-2-7-5(3-4)6(9)10;3*2-1-3/h2-3,11H,4H2,1H3;3-4H,1-2H3;3-4H,1-2H3,(H,9,10);1-3H,(H,7,8)(H,9,10);;;. The number of carboxylic acids is 1. The molecule has 0 bridgehead atoms. The monoisotopic (exact) mass is 1010 g/mol. The SMILES string of the molecule is COC(=O)c1cc(=O)cc(C)[nH]1.COC(=O)c1cc(I)cc(C)n1.COC(=O)c1cc(I)cc(CO)n1.O=C(O)c1cc(=O)cc[nH]1.O=C=O.O=C=O.O=C=O. The van der Waals surface area contributed by atoms with Crippen LogP contribution in [0.2, 0.25) is 0 Å². The number of carbonyl (C=O) groups is 4. The first-order valence-corrected chi connectivity index (χ1v) is 16.3. The van der Waals surface area contributed by atoms with E-state index in [1.165, 1.54) is 45.7 Å². The minimum Gasteiger partial charge on any atom is -0.477 e. The Morgan fingerprint density at radius 2 is 1.12 bits per heavy atom. The highest BCUT2D eigenvalue weighted by atomic mass is 127. The summed E-state index contributed by atoms with van der Waals surface area (Å²) >= 11 is 4.18. The van der Waals surface area contributed by atoms with Crippen LogP contribution in [0.3, 0.4) is 0 Å². The molecule has 56 heavy (non-hydrogen) atoms. The maximum atomic E-state index is 11.1. The van der Waals surface area contributed by atoms with Gasteiger partial charge in [0.1, 0.15) is 22.8 Å². The van der Waals surface area contributed by atoms with E-state index in [1.807, 2.05) is 35.6 Å². The van der Waals surface area contributed by atoms with E-state index in [0.717, 1.165) is 18.9 Å². The fourth-order valence-corrected chi connectivity index (χ4v) is 4.55. The fourth-order valence-electron chi connectivity index (χ4n) is 3.15. The second kappa shape index (κ2) is 32.1. The summed E-state index contributed by atoms with van der Waals surface area (Å²) in [6, 6.07) is 11.8. The fraction of sp³-hybridized carbons (Fsp3) is 0.182. The molecule has 4 N–H and O–H groups in total. The molecule has 4 aromatic rings. The van der Waals surface area contributed by atoms with Crippen molar-refractivity contribution in [1.82, 2.24) is 19.9 Å². The molecular weight excluding hydrogens is 978 g/mol. The van der Waals surface area contributed by atoms with Crippen molar-refractivity contribution in [2.24, 2.45) is 0 Å². The van der Waals surface area contributed by atoms with Gasteiger partial charge in [-0.15, -0.1) is 0 Å². The van der Waals surface area contributed by atoms with Crippen molar-refractivity contribution in [3.63, 3.8) is 0 Å². The molecule has 0 saturated heterocycles. The zero-order chi connectivity index (χ0) is 43.8. The Kier molecular flexibility index (Phi) is 31.0. The average molecular weight is 1010 g/mol. The Morgan fingerprint density at radius 3 is 1.50 bits per heavy atom. The van der Waals surface area contributed by atoms with Crippen molar-refractivity contribution in [3.8, 4) is 0 Å². The predicted octanol–water partition coefficient (Wildman–Crippen LogP) is 1.54. The van der Waals surface area contributed by atoms with Crippen LogP contribution in [0.25, 0.3) is 0 Å². The van der Waals surface area contributed by atoms with Crippen molar-refractivity contribution in [1.29, 1.82) is 0 Å². The van der Waals surface area contributed by atoms with Gasteiger partial charge in [0.15, 0.2) is 10.9 Å². The second-order valence-electron chi connectivity index (χ2n) is 9.01. The number of aliphatic hydroxyl groups is 1. The van der Waals surface area contributed by atoms with Crippen molar-refractivity contribution >= 4 is 87.5 Å². The van der Waals surface area contributed by atoms with Crippen LogP contribution >= 0.6 is 45.2 Å². The Labute approximate surface area is 342 Å². The van der Waals surface area contributed by atoms with E-state index in [1.54, 1.807) is 25.1 Å². The lowest BCUT2D eigenvalue weighted by molar-refractivity contribution is -0.193. The van der Waals surface area contributed by atoms with E-state index < -0.39 is 23.9 Å². The summed E-state index contributed by atoms with van der Waals surface area (Å²) in [6.07, 6.45) is 2.05. The molecule has 21 nitrogen and oxygen atoms in total. The maximum absolute atomic E-state index is 11.1. The topological polar surface area (TPSA) is 330 Å². The summed E-state index contributed by atoms with van der Waals surface area (Å²) in [7, 11) is 3.91. The number of hydrogen-bond acceptors (Lipinski definition) is 18. The van der Waals surface area contributed by atoms with E-state index in [9.17, 15) is 28.8 Å². The molecular formula is C33H30I2N4O17. The summed E-state index contributed by atoms with van der Waals surface area (Å²) in [5.74, 6) is -2.54. The lowest BCUT2D eigenvalue weighted by Crippen LogP contribution is -2.10. The van der Waals surface area contributed by atoms with Gasteiger partial charge in [-0.3, -0.25) is 9.59 Å². The molecule has 0 amide bonds. The van der Waals surface area contributed by atoms with Gasteiger partial charge in [-0.1, -0.05) is 0 Å². The van der Waals surface area contributed by atoms with E-state index >= 15 is 0 Å². The number of aromatic amines is 2. The van der Waals surface area contributed by atoms with Gasteiger partial charge in [-0.05, 0) is 83.3 Å². The molecule has 0 aliphatic carbocycles. The molecule has 4 rings (SSSR count). The summed E-state index contributed by atoms with van der Waals surface area (Å²) in [5, 5.41) is 17.2. The quantitative estimate of drug-likeness (QED) is 0.125. The molecule has 0 aromatic carbocycles. The number of ether oxygens (including phenoxy) is 3. The lowest BCUT2D eigenvalue weighted by Gasteiger charge is -2.01. The molecule has 0 atom stereocenters. The third kappa shape index (κ3) is 25.6. The van der Waals surface area contributed by atoms with Gasteiger partial charge in [-0.25, -0.2) is 29.1 Å². The number of rotatable bonds is 5.